The summed E-state index contributed by atoms with van der Waals surface area (Å²) in [5, 5.41) is 10.9. The maximum Gasteiger partial charge on any atom is 0.410 e. The summed E-state index contributed by atoms with van der Waals surface area (Å²) in [5.74, 6) is 0.0403. The third-order valence-electron chi connectivity index (χ3n) is 5.31. The average Bonchev–Trinajstić information content (AvgIpc) is 2.77. The summed E-state index contributed by atoms with van der Waals surface area (Å²) in [5.41, 5.74) is -0.553. The molecule has 0 aromatic rings. The van der Waals surface area contributed by atoms with Crippen LogP contribution in [-0.4, -0.2) is 54.8 Å². The van der Waals surface area contributed by atoms with Gasteiger partial charge < -0.3 is 14.3 Å². The molecule has 0 aromatic heterocycles. The van der Waals surface area contributed by atoms with Crippen LogP contribution in [0.2, 0.25) is 18.1 Å². The van der Waals surface area contributed by atoms with E-state index in [0.717, 1.165) is 6.42 Å². The standard InChI is InChI=1S/C19H39NO4Si/c1-13(2)16(21)15-14(24-25(9,10)19(6,7)8)11-12-20(15)17(22)23-18(3,4)5/h13-16,21H,11-12H2,1-10H3/t14-,15-,16?/m0/s1. The number of likely N-dealkylation sites (tertiary alicyclic amines) is 1. The van der Waals surface area contributed by atoms with Gasteiger partial charge in [0, 0.05) is 6.54 Å². The fraction of sp³-hybridized carbons (Fsp3) is 0.947. The number of nitrogens with zero attached hydrogens (tertiary/aromatic N) is 1. The van der Waals surface area contributed by atoms with Gasteiger partial charge in [0.25, 0.3) is 0 Å². The molecule has 1 saturated heterocycles. The highest BCUT2D eigenvalue weighted by Gasteiger charge is 2.48. The zero-order chi connectivity index (χ0) is 19.8. The number of carbonyl (C=O) groups excluding carboxylic acids is 1. The van der Waals surface area contributed by atoms with Gasteiger partial charge in [-0.15, -0.1) is 0 Å². The van der Waals surface area contributed by atoms with Crippen LogP contribution in [-0.2, 0) is 9.16 Å². The van der Waals surface area contributed by atoms with E-state index in [1.54, 1.807) is 4.90 Å². The normalized spacial score (nSPS) is 23.9. The van der Waals surface area contributed by atoms with E-state index in [9.17, 15) is 9.90 Å². The maximum absolute atomic E-state index is 12.7. The molecule has 0 aromatic carbocycles. The molecule has 1 fully saturated rings. The third-order valence-corrected chi connectivity index (χ3v) is 9.81. The Morgan fingerprint density at radius 2 is 1.68 bits per heavy atom. The number of amides is 1. The van der Waals surface area contributed by atoms with Crippen LogP contribution in [0, 0.1) is 5.92 Å². The zero-order valence-electron chi connectivity index (χ0n) is 17.8. The van der Waals surface area contributed by atoms with E-state index < -0.39 is 20.0 Å². The molecule has 5 nitrogen and oxygen atoms in total. The summed E-state index contributed by atoms with van der Waals surface area (Å²) in [7, 11) is -1.99. The predicted octanol–water partition coefficient (Wildman–Crippen LogP) is 4.40. The highest BCUT2D eigenvalue weighted by molar-refractivity contribution is 6.74. The van der Waals surface area contributed by atoms with Gasteiger partial charge in [-0.05, 0) is 51.2 Å². The van der Waals surface area contributed by atoms with Crippen molar-refractivity contribution in [3.8, 4) is 0 Å². The summed E-state index contributed by atoms with van der Waals surface area (Å²) < 4.78 is 12.1. The van der Waals surface area contributed by atoms with Gasteiger partial charge in [0.15, 0.2) is 8.32 Å². The van der Waals surface area contributed by atoms with Crippen molar-refractivity contribution in [2.45, 2.75) is 104 Å². The van der Waals surface area contributed by atoms with Crippen molar-refractivity contribution < 1.29 is 19.1 Å². The molecule has 0 radical (unpaired) electrons. The Kier molecular flexibility index (Phi) is 6.80. The van der Waals surface area contributed by atoms with E-state index in [2.05, 4.69) is 33.9 Å². The Morgan fingerprint density at radius 3 is 2.08 bits per heavy atom. The molecule has 148 valence electrons. The molecule has 1 amide bonds. The Morgan fingerprint density at radius 1 is 1.16 bits per heavy atom. The molecular weight excluding hydrogens is 334 g/mol. The smallest absolute Gasteiger partial charge is 0.410 e. The number of hydrogen-bond donors (Lipinski definition) is 1. The third kappa shape index (κ3) is 5.69. The van der Waals surface area contributed by atoms with Crippen molar-refractivity contribution >= 4 is 14.4 Å². The topological polar surface area (TPSA) is 59.0 Å². The number of hydrogen-bond acceptors (Lipinski definition) is 4. The Hall–Kier alpha value is -0.593. The number of ether oxygens (including phenoxy) is 1. The van der Waals surface area contributed by atoms with Crippen molar-refractivity contribution in [3.05, 3.63) is 0 Å². The summed E-state index contributed by atoms with van der Waals surface area (Å²) >= 11 is 0. The van der Waals surface area contributed by atoms with Gasteiger partial charge in [0.05, 0.1) is 18.2 Å². The van der Waals surface area contributed by atoms with Gasteiger partial charge in [-0.25, -0.2) is 4.79 Å². The zero-order valence-corrected chi connectivity index (χ0v) is 18.8. The molecule has 1 heterocycles. The van der Waals surface area contributed by atoms with Crippen LogP contribution in [0.4, 0.5) is 4.79 Å². The van der Waals surface area contributed by atoms with Crippen molar-refractivity contribution in [1.82, 2.24) is 4.90 Å². The first kappa shape index (κ1) is 22.4. The molecule has 0 bridgehead atoms. The molecule has 1 N–H and O–H groups in total. The Balaban J connectivity index is 3.05. The summed E-state index contributed by atoms with van der Waals surface area (Å²) in [6, 6.07) is -0.357. The van der Waals surface area contributed by atoms with E-state index >= 15 is 0 Å². The van der Waals surface area contributed by atoms with Crippen molar-refractivity contribution in [2.24, 2.45) is 5.92 Å². The molecule has 3 atom stereocenters. The van der Waals surface area contributed by atoms with E-state index in [4.69, 9.17) is 9.16 Å². The molecule has 0 aliphatic carbocycles. The highest BCUT2D eigenvalue weighted by atomic mass is 28.4. The minimum absolute atomic E-state index is 0.0403. The second kappa shape index (κ2) is 7.57. The second-order valence-corrected chi connectivity index (χ2v) is 14.9. The lowest BCUT2D eigenvalue weighted by Gasteiger charge is -2.42. The number of carbonyl (C=O) groups is 1. The van der Waals surface area contributed by atoms with Crippen molar-refractivity contribution in [1.29, 1.82) is 0 Å². The molecule has 6 heteroatoms. The Labute approximate surface area is 155 Å². The average molecular weight is 374 g/mol. The van der Waals surface area contributed by atoms with Gasteiger partial charge in [0.2, 0.25) is 0 Å². The monoisotopic (exact) mass is 373 g/mol. The fourth-order valence-corrected chi connectivity index (χ4v) is 4.17. The van der Waals surface area contributed by atoms with Crippen LogP contribution in [0.3, 0.4) is 0 Å². The molecular formula is C19H39NO4Si. The van der Waals surface area contributed by atoms with Gasteiger partial charge in [-0.3, -0.25) is 4.90 Å². The molecule has 1 aliphatic rings. The van der Waals surface area contributed by atoms with E-state index in [1.165, 1.54) is 0 Å². The quantitative estimate of drug-likeness (QED) is 0.742. The maximum atomic E-state index is 12.7. The van der Waals surface area contributed by atoms with E-state index in [1.807, 2.05) is 34.6 Å². The van der Waals surface area contributed by atoms with Crippen LogP contribution < -0.4 is 0 Å². The van der Waals surface area contributed by atoms with Gasteiger partial charge in [0.1, 0.15) is 5.60 Å². The second-order valence-electron chi connectivity index (χ2n) is 10.1. The SMILES string of the molecule is CC(C)C(O)[C@@H]1[C@@H](O[Si](C)(C)C(C)(C)C)CCN1C(=O)OC(C)(C)C. The number of aliphatic hydroxyl groups is 1. The minimum atomic E-state index is -1.99. The first-order valence-corrected chi connectivity index (χ1v) is 12.3. The largest absolute Gasteiger partial charge is 0.444 e. The summed E-state index contributed by atoms with van der Waals surface area (Å²) in [6.45, 7) is 21.1. The molecule has 1 aliphatic heterocycles. The highest BCUT2D eigenvalue weighted by Crippen LogP contribution is 2.40. The van der Waals surface area contributed by atoms with Crippen molar-refractivity contribution in [2.75, 3.05) is 6.54 Å². The summed E-state index contributed by atoms with van der Waals surface area (Å²) in [6.07, 6.45) is -0.408. The van der Waals surface area contributed by atoms with Crippen molar-refractivity contribution in [3.63, 3.8) is 0 Å². The molecule has 0 saturated carbocycles. The van der Waals surface area contributed by atoms with Crippen LogP contribution >= 0.6 is 0 Å². The van der Waals surface area contributed by atoms with E-state index in [-0.39, 0.29) is 29.2 Å². The van der Waals surface area contributed by atoms with Crippen LogP contribution in [0.1, 0.15) is 61.8 Å². The first-order valence-electron chi connectivity index (χ1n) is 9.42. The minimum Gasteiger partial charge on any atom is -0.444 e. The molecule has 25 heavy (non-hydrogen) atoms. The fourth-order valence-electron chi connectivity index (χ4n) is 2.80. The van der Waals surface area contributed by atoms with Gasteiger partial charge >= 0.3 is 6.09 Å². The molecule has 1 unspecified atom stereocenters. The predicted molar refractivity (Wildman–Crippen MR) is 104 cm³/mol. The van der Waals surface area contributed by atoms with E-state index in [0.29, 0.717) is 6.54 Å². The van der Waals surface area contributed by atoms with Gasteiger partial charge in [-0.2, -0.15) is 0 Å². The van der Waals surface area contributed by atoms with Gasteiger partial charge in [-0.1, -0.05) is 34.6 Å². The number of rotatable bonds is 4. The van der Waals surface area contributed by atoms with Crippen LogP contribution in [0.5, 0.6) is 0 Å². The lowest BCUT2D eigenvalue weighted by atomic mass is 9.96. The van der Waals surface area contributed by atoms with Crippen LogP contribution in [0.25, 0.3) is 0 Å². The Bertz CT molecular complexity index is 465. The lowest BCUT2D eigenvalue weighted by molar-refractivity contribution is -0.0247. The van der Waals surface area contributed by atoms with Crippen LogP contribution in [0.15, 0.2) is 0 Å². The first-order chi connectivity index (χ1) is 11.1. The molecule has 1 rings (SSSR count). The molecule has 0 spiro atoms. The number of aliphatic hydroxyl groups excluding tert-OH is 1. The summed E-state index contributed by atoms with van der Waals surface area (Å²) in [4.78, 5) is 14.3. The lowest BCUT2D eigenvalue weighted by Crippen LogP contribution is -2.54.